The van der Waals surface area contributed by atoms with E-state index in [2.05, 4.69) is 64.4 Å². The van der Waals surface area contributed by atoms with Gasteiger partial charge < -0.3 is 8.98 Å². The zero-order valence-corrected chi connectivity index (χ0v) is 15.5. The van der Waals surface area contributed by atoms with Crippen molar-refractivity contribution in [1.29, 1.82) is 0 Å². The van der Waals surface area contributed by atoms with Gasteiger partial charge in [0.05, 0.1) is 5.92 Å². The fourth-order valence-corrected chi connectivity index (χ4v) is 3.75. The summed E-state index contributed by atoms with van der Waals surface area (Å²) in [4.78, 5) is 0. The van der Waals surface area contributed by atoms with Crippen LogP contribution in [0.4, 0.5) is 0 Å². The maximum atomic E-state index is 6.17. The second-order valence-corrected chi connectivity index (χ2v) is 6.87. The van der Waals surface area contributed by atoms with Gasteiger partial charge in [-0.1, -0.05) is 66.7 Å². The number of benzene rings is 3. The lowest BCUT2D eigenvalue weighted by atomic mass is 9.91. The highest BCUT2D eigenvalue weighted by Gasteiger charge is 2.26. The van der Waals surface area contributed by atoms with Gasteiger partial charge in [0.2, 0.25) is 11.8 Å². The quantitative estimate of drug-likeness (QED) is 0.428. The van der Waals surface area contributed by atoms with Crippen LogP contribution in [0.5, 0.6) is 0 Å². The summed E-state index contributed by atoms with van der Waals surface area (Å²) in [5.41, 5.74) is 4.39. The van der Waals surface area contributed by atoms with Gasteiger partial charge in [-0.3, -0.25) is 0 Å². The van der Waals surface area contributed by atoms with Crippen molar-refractivity contribution in [3.8, 4) is 11.5 Å². The molecule has 3 aromatic carbocycles. The Bertz CT molecular complexity index is 1220. The molecular weight excluding hydrogens is 346 g/mol. The van der Waals surface area contributed by atoms with Crippen molar-refractivity contribution in [1.82, 2.24) is 14.8 Å². The first-order valence-corrected chi connectivity index (χ1v) is 9.29. The molecule has 4 heteroatoms. The van der Waals surface area contributed by atoms with Crippen molar-refractivity contribution in [3.05, 3.63) is 108 Å². The van der Waals surface area contributed by atoms with Gasteiger partial charge in [-0.2, -0.15) is 0 Å². The van der Waals surface area contributed by atoms with E-state index in [4.69, 9.17) is 4.42 Å². The van der Waals surface area contributed by atoms with Gasteiger partial charge in [0, 0.05) is 29.7 Å². The van der Waals surface area contributed by atoms with Crippen LogP contribution in [0, 0.1) is 0 Å². The third kappa shape index (κ3) is 2.79. The number of hydrogen-bond acceptors (Lipinski definition) is 3. The Morgan fingerprint density at radius 3 is 2.25 bits per heavy atom. The van der Waals surface area contributed by atoms with Crippen LogP contribution in [0.3, 0.4) is 0 Å². The number of fused-ring (bicyclic) bond motifs is 1. The van der Waals surface area contributed by atoms with Crippen molar-refractivity contribution in [2.24, 2.45) is 7.05 Å². The minimum absolute atomic E-state index is 0.128. The van der Waals surface area contributed by atoms with Crippen LogP contribution in [0.15, 0.2) is 95.5 Å². The summed E-state index contributed by atoms with van der Waals surface area (Å²) in [7, 11) is 2.07. The number of rotatable bonds is 4. The molecule has 136 valence electrons. The van der Waals surface area contributed by atoms with Crippen molar-refractivity contribution in [3.63, 3.8) is 0 Å². The maximum absolute atomic E-state index is 6.17. The minimum atomic E-state index is -0.128. The zero-order valence-electron chi connectivity index (χ0n) is 15.5. The van der Waals surface area contributed by atoms with E-state index in [1.54, 1.807) is 0 Å². The second-order valence-electron chi connectivity index (χ2n) is 6.87. The van der Waals surface area contributed by atoms with Crippen LogP contribution >= 0.6 is 0 Å². The van der Waals surface area contributed by atoms with Crippen LogP contribution in [-0.4, -0.2) is 14.8 Å². The molecule has 0 aliphatic heterocycles. The summed E-state index contributed by atoms with van der Waals surface area (Å²) in [6, 6.07) is 28.6. The zero-order chi connectivity index (χ0) is 18.9. The van der Waals surface area contributed by atoms with Crippen LogP contribution in [0.2, 0.25) is 0 Å². The molecule has 0 amide bonds. The lowest BCUT2D eigenvalue weighted by Crippen LogP contribution is -2.03. The summed E-state index contributed by atoms with van der Waals surface area (Å²) in [6.45, 7) is 0. The molecule has 4 nitrogen and oxygen atoms in total. The molecule has 2 aromatic heterocycles. The Kier molecular flexibility index (Phi) is 4.02. The van der Waals surface area contributed by atoms with Gasteiger partial charge in [-0.05, 0) is 29.3 Å². The lowest BCUT2D eigenvalue weighted by molar-refractivity contribution is 0.499. The molecule has 0 saturated heterocycles. The van der Waals surface area contributed by atoms with E-state index < -0.39 is 0 Å². The van der Waals surface area contributed by atoms with E-state index in [0.717, 1.165) is 16.7 Å². The van der Waals surface area contributed by atoms with Crippen molar-refractivity contribution in [2.45, 2.75) is 5.92 Å². The van der Waals surface area contributed by atoms with Crippen LogP contribution in [0.1, 0.15) is 22.9 Å². The van der Waals surface area contributed by atoms with Crippen LogP contribution in [0.25, 0.3) is 22.4 Å². The topological polar surface area (TPSA) is 43.9 Å². The smallest absolute Gasteiger partial charge is 0.247 e. The first-order valence-electron chi connectivity index (χ1n) is 9.29. The molecule has 0 fully saturated rings. The number of aromatic nitrogens is 3. The van der Waals surface area contributed by atoms with Crippen molar-refractivity contribution in [2.75, 3.05) is 0 Å². The third-order valence-electron chi connectivity index (χ3n) is 5.08. The monoisotopic (exact) mass is 365 g/mol. The minimum Gasteiger partial charge on any atom is -0.420 e. The van der Waals surface area contributed by atoms with Gasteiger partial charge in [0.25, 0.3) is 0 Å². The second kappa shape index (κ2) is 6.82. The normalized spacial score (nSPS) is 12.3. The summed E-state index contributed by atoms with van der Waals surface area (Å²) in [6.07, 6.45) is 2.16. The van der Waals surface area contributed by atoms with E-state index in [9.17, 15) is 0 Å². The van der Waals surface area contributed by atoms with E-state index in [1.807, 2.05) is 48.5 Å². The molecule has 1 atom stereocenters. The molecule has 0 aliphatic rings. The SMILES string of the molecule is Cn1cc(C(c2ccccc2)c2nnc(-c3ccccc3)o2)c2ccccc21. The molecule has 0 saturated carbocycles. The highest BCUT2D eigenvalue weighted by atomic mass is 16.4. The Morgan fingerprint density at radius 1 is 0.786 bits per heavy atom. The predicted octanol–water partition coefficient (Wildman–Crippen LogP) is 5.41. The van der Waals surface area contributed by atoms with E-state index in [-0.39, 0.29) is 5.92 Å². The Morgan fingerprint density at radius 2 is 1.46 bits per heavy atom. The highest BCUT2D eigenvalue weighted by Crippen LogP contribution is 2.37. The molecule has 0 bridgehead atoms. The highest BCUT2D eigenvalue weighted by molar-refractivity contribution is 5.85. The van der Waals surface area contributed by atoms with E-state index in [1.165, 1.54) is 10.9 Å². The van der Waals surface area contributed by atoms with Gasteiger partial charge in [0.1, 0.15) is 0 Å². The fourth-order valence-electron chi connectivity index (χ4n) is 3.75. The number of nitrogens with zero attached hydrogens (tertiary/aromatic N) is 3. The average molecular weight is 365 g/mol. The Labute approximate surface area is 163 Å². The predicted molar refractivity (Wildman–Crippen MR) is 110 cm³/mol. The number of aryl methyl sites for hydroxylation is 1. The van der Waals surface area contributed by atoms with Gasteiger partial charge in [0.15, 0.2) is 0 Å². The largest absolute Gasteiger partial charge is 0.420 e. The molecule has 0 radical (unpaired) electrons. The number of hydrogen-bond donors (Lipinski definition) is 0. The first kappa shape index (κ1) is 16.5. The molecule has 5 aromatic rings. The molecule has 0 spiro atoms. The van der Waals surface area contributed by atoms with Gasteiger partial charge in [-0.15, -0.1) is 10.2 Å². The Balaban J connectivity index is 1.69. The first-order chi connectivity index (χ1) is 13.8. The summed E-state index contributed by atoms with van der Waals surface area (Å²) >= 11 is 0. The van der Waals surface area contributed by atoms with Crippen molar-refractivity contribution < 1.29 is 4.42 Å². The molecule has 1 unspecified atom stereocenters. The standard InChI is InChI=1S/C24H19N3O/c1-27-16-20(19-14-8-9-15-21(19)27)22(17-10-4-2-5-11-17)24-26-25-23(28-24)18-12-6-3-7-13-18/h2-16,22H,1H3. The fraction of sp³-hybridized carbons (Fsp3) is 0.0833. The molecule has 28 heavy (non-hydrogen) atoms. The van der Waals surface area contributed by atoms with Crippen LogP contribution in [-0.2, 0) is 7.05 Å². The summed E-state index contributed by atoms with van der Waals surface area (Å²) in [5, 5.41) is 9.95. The molecule has 2 heterocycles. The average Bonchev–Trinajstić information content (AvgIpc) is 3.36. The number of para-hydroxylation sites is 1. The van der Waals surface area contributed by atoms with E-state index in [0.29, 0.717) is 11.8 Å². The maximum Gasteiger partial charge on any atom is 0.247 e. The van der Waals surface area contributed by atoms with E-state index >= 15 is 0 Å². The Hall–Kier alpha value is -3.66. The summed E-state index contributed by atoms with van der Waals surface area (Å²) < 4.78 is 8.32. The van der Waals surface area contributed by atoms with Gasteiger partial charge >= 0.3 is 0 Å². The summed E-state index contributed by atoms with van der Waals surface area (Å²) in [5.74, 6) is 1.01. The molecular formula is C24H19N3O. The molecule has 0 N–H and O–H groups in total. The van der Waals surface area contributed by atoms with Crippen LogP contribution < -0.4 is 0 Å². The van der Waals surface area contributed by atoms with Gasteiger partial charge in [-0.25, -0.2) is 0 Å². The third-order valence-corrected chi connectivity index (χ3v) is 5.08. The molecule has 5 rings (SSSR count). The van der Waals surface area contributed by atoms with Crippen molar-refractivity contribution >= 4 is 10.9 Å². The lowest BCUT2D eigenvalue weighted by Gasteiger charge is -2.13. The molecule has 0 aliphatic carbocycles.